The van der Waals surface area contributed by atoms with E-state index in [-0.39, 0.29) is 11.7 Å². The molecular formula is C24H18N4O2. The number of hydrogen-bond donors (Lipinski definition) is 1. The van der Waals surface area contributed by atoms with Crippen molar-refractivity contribution in [3.05, 3.63) is 95.4 Å². The van der Waals surface area contributed by atoms with Crippen molar-refractivity contribution < 1.29 is 4.42 Å². The van der Waals surface area contributed by atoms with E-state index >= 15 is 0 Å². The summed E-state index contributed by atoms with van der Waals surface area (Å²) in [5.74, 6) is 1.13. The van der Waals surface area contributed by atoms with E-state index in [4.69, 9.17) is 4.42 Å². The van der Waals surface area contributed by atoms with Crippen LogP contribution in [0.5, 0.6) is 0 Å². The number of aromatic nitrogens is 3. The lowest BCUT2D eigenvalue weighted by Crippen LogP contribution is -2.14. The maximum Gasteiger partial charge on any atom is 0.343 e. The number of hydrogen-bond acceptors (Lipinski definition) is 6. The molecule has 5 rings (SSSR count). The quantitative estimate of drug-likeness (QED) is 0.463. The monoisotopic (exact) mass is 394 g/mol. The summed E-state index contributed by atoms with van der Waals surface area (Å²) in [5, 5.41) is 4.77. The highest BCUT2D eigenvalue weighted by atomic mass is 16.4. The molecule has 3 aromatic heterocycles. The molecule has 0 bridgehead atoms. The van der Waals surface area contributed by atoms with Crippen molar-refractivity contribution in [2.45, 2.75) is 13.0 Å². The highest BCUT2D eigenvalue weighted by Gasteiger charge is 2.21. The van der Waals surface area contributed by atoms with Crippen LogP contribution in [-0.2, 0) is 0 Å². The number of nitrogens with one attached hydrogen (secondary N) is 1. The van der Waals surface area contributed by atoms with Gasteiger partial charge in [-0.1, -0.05) is 48.5 Å². The van der Waals surface area contributed by atoms with Crippen molar-refractivity contribution >= 4 is 27.6 Å². The Kier molecular flexibility index (Phi) is 4.44. The Balaban J connectivity index is 1.69. The van der Waals surface area contributed by atoms with Crippen molar-refractivity contribution in [2.75, 3.05) is 5.32 Å². The maximum atomic E-state index is 12.7. The van der Waals surface area contributed by atoms with Crippen LogP contribution in [0.4, 0.5) is 5.82 Å². The SMILES string of the molecule is CC(Nc1ncnc2cccnc12)c1oc(=O)c2ccccc2c1-c1ccccc1. The van der Waals surface area contributed by atoms with Crippen LogP contribution in [-0.4, -0.2) is 15.0 Å². The summed E-state index contributed by atoms with van der Waals surface area (Å²) in [4.78, 5) is 25.7. The zero-order chi connectivity index (χ0) is 20.5. The topological polar surface area (TPSA) is 80.9 Å². The van der Waals surface area contributed by atoms with E-state index in [9.17, 15) is 4.79 Å². The third-order valence-corrected chi connectivity index (χ3v) is 5.07. The van der Waals surface area contributed by atoms with Gasteiger partial charge in [-0.25, -0.2) is 14.8 Å². The van der Waals surface area contributed by atoms with Crippen LogP contribution in [0.2, 0.25) is 0 Å². The van der Waals surface area contributed by atoms with Gasteiger partial charge in [0, 0.05) is 17.1 Å². The van der Waals surface area contributed by atoms with Gasteiger partial charge < -0.3 is 9.73 Å². The molecule has 1 atom stereocenters. The number of nitrogens with zero attached hydrogens (tertiary/aromatic N) is 3. The fraction of sp³-hybridized carbons (Fsp3) is 0.0833. The molecule has 0 amide bonds. The number of pyridine rings is 1. The fourth-order valence-electron chi connectivity index (χ4n) is 3.69. The van der Waals surface area contributed by atoms with Crippen LogP contribution in [0.1, 0.15) is 18.7 Å². The van der Waals surface area contributed by atoms with E-state index in [0.717, 1.165) is 22.0 Å². The van der Waals surface area contributed by atoms with Gasteiger partial charge in [0.25, 0.3) is 0 Å². The van der Waals surface area contributed by atoms with Crippen LogP contribution in [0.25, 0.3) is 32.9 Å². The van der Waals surface area contributed by atoms with Crippen molar-refractivity contribution in [1.82, 2.24) is 15.0 Å². The summed E-state index contributed by atoms with van der Waals surface area (Å²) in [5.41, 5.74) is 2.91. The molecule has 0 saturated carbocycles. The normalized spacial score (nSPS) is 12.2. The van der Waals surface area contributed by atoms with Gasteiger partial charge >= 0.3 is 5.63 Å². The van der Waals surface area contributed by atoms with E-state index < -0.39 is 0 Å². The lowest BCUT2D eigenvalue weighted by atomic mass is 9.96. The van der Waals surface area contributed by atoms with Crippen molar-refractivity contribution in [3.8, 4) is 11.1 Å². The molecule has 0 aliphatic heterocycles. The first-order valence-electron chi connectivity index (χ1n) is 9.66. The lowest BCUT2D eigenvalue weighted by molar-refractivity contribution is 0.452. The maximum absolute atomic E-state index is 12.7. The van der Waals surface area contributed by atoms with Gasteiger partial charge in [0.1, 0.15) is 17.6 Å². The second kappa shape index (κ2) is 7.40. The average Bonchev–Trinajstić information content (AvgIpc) is 2.80. The van der Waals surface area contributed by atoms with E-state index in [1.807, 2.05) is 67.6 Å². The van der Waals surface area contributed by atoms with Gasteiger partial charge in [0.15, 0.2) is 5.82 Å². The van der Waals surface area contributed by atoms with Gasteiger partial charge in [0.2, 0.25) is 0 Å². The third-order valence-electron chi connectivity index (χ3n) is 5.07. The first-order valence-corrected chi connectivity index (χ1v) is 9.66. The highest BCUT2D eigenvalue weighted by Crippen LogP contribution is 2.35. The van der Waals surface area contributed by atoms with E-state index in [0.29, 0.717) is 22.5 Å². The third kappa shape index (κ3) is 3.08. The number of fused-ring (bicyclic) bond motifs is 2. The molecule has 2 aromatic carbocycles. The van der Waals surface area contributed by atoms with Crippen LogP contribution < -0.4 is 10.9 Å². The van der Waals surface area contributed by atoms with Crippen LogP contribution >= 0.6 is 0 Å². The van der Waals surface area contributed by atoms with Crippen molar-refractivity contribution in [3.63, 3.8) is 0 Å². The van der Waals surface area contributed by atoms with Crippen molar-refractivity contribution in [2.24, 2.45) is 0 Å². The molecular weight excluding hydrogens is 376 g/mol. The largest absolute Gasteiger partial charge is 0.425 e. The first kappa shape index (κ1) is 18.0. The first-order chi connectivity index (χ1) is 14.7. The molecule has 146 valence electrons. The lowest BCUT2D eigenvalue weighted by Gasteiger charge is -2.19. The molecule has 0 saturated heterocycles. The van der Waals surface area contributed by atoms with Gasteiger partial charge in [-0.3, -0.25) is 4.98 Å². The summed E-state index contributed by atoms with van der Waals surface area (Å²) in [6.45, 7) is 1.94. The van der Waals surface area contributed by atoms with Gasteiger partial charge in [-0.05, 0) is 30.7 Å². The predicted octanol–water partition coefficient (Wildman–Crippen LogP) is 4.97. The summed E-state index contributed by atoms with van der Waals surface area (Å²) in [7, 11) is 0. The molecule has 0 fully saturated rings. The summed E-state index contributed by atoms with van der Waals surface area (Å²) < 4.78 is 5.84. The Morgan fingerprint density at radius 1 is 0.867 bits per heavy atom. The summed E-state index contributed by atoms with van der Waals surface area (Å²) in [6.07, 6.45) is 3.20. The van der Waals surface area contributed by atoms with E-state index in [2.05, 4.69) is 20.3 Å². The highest BCUT2D eigenvalue weighted by molar-refractivity contribution is 5.97. The molecule has 0 aliphatic rings. The zero-order valence-electron chi connectivity index (χ0n) is 16.2. The second-order valence-electron chi connectivity index (χ2n) is 7.00. The van der Waals surface area contributed by atoms with Crippen molar-refractivity contribution in [1.29, 1.82) is 0 Å². The molecule has 0 spiro atoms. The van der Waals surface area contributed by atoms with Gasteiger partial charge in [-0.2, -0.15) is 0 Å². The van der Waals surface area contributed by atoms with E-state index in [1.54, 1.807) is 12.3 Å². The minimum Gasteiger partial charge on any atom is -0.425 e. The van der Waals surface area contributed by atoms with E-state index in [1.165, 1.54) is 6.33 Å². The number of anilines is 1. The Labute approximate surface area is 172 Å². The van der Waals surface area contributed by atoms with Gasteiger partial charge in [-0.15, -0.1) is 0 Å². The molecule has 3 heterocycles. The smallest absolute Gasteiger partial charge is 0.343 e. The Hall–Kier alpha value is -4.06. The molecule has 5 aromatic rings. The molecule has 0 radical (unpaired) electrons. The number of benzene rings is 2. The van der Waals surface area contributed by atoms with Gasteiger partial charge in [0.05, 0.1) is 16.9 Å². The molecule has 0 aliphatic carbocycles. The van der Waals surface area contributed by atoms with Crippen LogP contribution in [0.3, 0.4) is 0 Å². The minimum atomic E-state index is -0.361. The molecule has 6 heteroatoms. The molecule has 30 heavy (non-hydrogen) atoms. The predicted molar refractivity (Wildman–Crippen MR) is 117 cm³/mol. The fourth-order valence-corrected chi connectivity index (χ4v) is 3.69. The van der Waals surface area contributed by atoms with Crippen LogP contribution in [0, 0.1) is 0 Å². The second-order valence-corrected chi connectivity index (χ2v) is 7.00. The Morgan fingerprint density at radius 3 is 2.47 bits per heavy atom. The van der Waals surface area contributed by atoms with Crippen LogP contribution in [0.15, 0.2) is 88.5 Å². The Bertz CT molecular complexity index is 1410. The standard InChI is InChI=1S/C24H18N4O2/c1-15(28-23-21-19(26-14-27-23)12-7-13-25-21)22-20(16-8-3-2-4-9-16)17-10-5-6-11-18(17)24(29)30-22/h2-15H,1H3,(H,26,27,28). The number of rotatable bonds is 4. The molecule has 1 unspecified atom stereocenters. The Morgan fingerprint density at radius 2 is 1.63 bits per heavy atom. The minimum absolute atomic E-state index is 0.336. The summed E-state index contributed by atoms with van der Waals surface area (Å²) >= 11 is 0. The summed E-state index contributed by atoms with van der Waals surface area (Å²) in [6, 6.07) is 20.8. The average molecular weight is 394 g/mol. The zero-order valence-corrected chi connectivity index (χ0v) is 16.2. The molecule has 1 N–H and O–H groups in total. The molecule has 6 nitrogen and oxygen atoms in total.